The summed E-state index contributed by atoms with van der Waals surface area (Å²) in [5.41, 5.74) is 0.848. The van der Waals surface area contributed by atoms with E-state index in [0.29, 0.717) is 6.61 Å². The van der Waals surface area contributed by atoms with Crippen molar-refractivity contribution in [2.24, 2.45) is 0 Å². The normalized spacial score (nSPS) is 35.4. The molecule has 0 saturated carbocycles. The van der Waals surface area contributed by atoms with Crippen LogP contribution in [0.4, 0.5) is 0 Å². The van der Waals surface area contributed by atoms with Gasteiger partial charge in [0.25, 0.3) is 0 Å². The molecule has 2 unspecified atom stereocenters. The van der Waals surface area contributed by atoms with Crippen LogP contribution in [-0.4, -0.2) is 35.5 Å². The van der Waals surface area contributed by atoms with Gasteiger partial charge in [-0.05, 0) is 6.92 Å². The second-order valence-electron chi connectivity index (χ2n) is 2.72. The van der Waals surface area contributed by atoms with Crippen molar-refractivity contribution in [2.75, 3.05) is 13.2 Å². The van der Waals surface area contributed by atoms with Gasteiger partial charge in [-0.1, -0.05) is 12.2 Å². The highest BCUT2D eigenvalue weighted by Crippen LogP contribution is 2.33. The zero-order valence-electron chi connectivity index (χ0n) is 6.41. The standard InChI is InChI=1S/C7H12O4/c1-5(2)3-10-6-7(9,4-8)11-6/h6,8-9H,1,3-4H2,2H3. The second kappa shape index (κ2) is 2.91. The van der Waals surface area contributed by atoms with E-state index in [1.807, 2.05) is 0 Å². The van der Waals surface area contributed by atoms with Crippen LogP contribution in [-0.2, 0) is 9.47 Å². The molecule has 1 fully saturated rings. The molecule has 1 aliphatic heterocycles. The molecule has 4 heteroatoms. The fourth-order valence-electron chi connectivity index (χ4n) is 0.645. The van der Waals surface area contributed by atoms with E-state index < -0.39 is 18.7 Å². The SMILES string of the molecule is C=C(C)COC1OC1(O)CO. The Morgan fingerprint density at radius 1 is 1.82 bits per heavy atom. The van der Waals surface area contributed by atoms with Gasteiger partial charge in [0.1, 0.15) is 6.61 Å². The Hall–Kier alpha value is -0.420. The van der Waals surface area contributed by atoms with Crippen molar-refractivity contribution >= 4 is 0 Å². The monoisotopic (exact) mass is 160 g/mol. The number of hydrogen-bond acceptors (Lipinski definition) is 4. The van der Waals surface area contributed by atoms with E-state index in [0.717, 1.165) is 5.57 Å². The van der Waals surface area contributed by atoms with Crippen LogP contribution in [0, 0.1) is 0 Å². The minimum absolute atomic E-state index is 0.340. The highest BCUT2D eigenvalue weighted by atomic mass is 16.9. The lowest BCUT2D eigenvalue weighted by atomic mass is 10.4. The Bertz CT molecular complexity index is 168. The van der Waals surface area contributed by atoms with E-state index in [2.05, 4.69) is 11.3 Å². The first-order valence-corrected chi connectivity index (χ1v) is 3.35. The summed E-state index contributed by atoms with van der Waals surface area (Å²) >= 11 is 0. The summed E-state index contributed by atoms with van der Waals surface area (Å²) in [7, 11) is 0. The molecule has 2 atom stereocenters. The van der Waals surface area contributed by atoms with E-state index in [1.165, 1.54) is 0 Å². The first kappa shape index (κ1) is 8.67. The van der Waals surface area contributed by atoms with Gasteiger partial charge in [-0.3, -0.25) is 0 Å². The summed E-state index contributed by atoms with van der Waals surface area (Å²) in [6.07, 6.45) is -0.691. The first-order chi connectivity index (χ1) is 5.08. The van der Waals surface area contributed by atoms with Gasteiger partial charge in [0.2, 0.25) is 12.1 Å². The van der Waals surface area contributed by atoms with Crippen LogP contribution < -0.4 is 0 Å². The van der Waals surface area contributed by atoms with E-state index in [4.69, 9.17) is 14.9 Å². The molecule has 0 amide bonds. The lowest BCUT2D eigenvalue weighted by Gasteiger charge is -2.00. The number of aliphatic hydroxyl groups excluding tert-OH is 1. The predicted molar refractivity (Wildman–Crippen MR) is 37.7 cm³/mol. The molecule has 2 N–H and O–H groups in total. The summed E-state index contributed by atoms with van der Waals surface area (Å²) < 4.78 is 9.64. The van der Waals surface area contributed by atoms with Crippen LogP contribution >= 0.6 is 0 Å². The van der Waals surface area contributed by atoms with E-state index in [1.54, 1.807) is 6.92 Å². The molecule has 0 aromatic carbocycles. The molecular weight excluding hydrogens is 148 g/mol. The third-order valence-corrected chi connectivity index (χ3v) is 1.33. The fraction of sp³-hybridized carbons (Fsp3) is 0.714. The topological polar surface area (TPSA) is 62.2 Å². The molecule has 11 heavy (non-hydrogen) atoms. The Kier molecular flexibility index (Phi) is 2.29. The maximum absolute atomic E-state index is 9.08. The summed E-state index contributed by atoms with van der Waals surface area (Å²) in [6.45, 7) is 5.31. The minimum Gasteiger partial charge on any atom is -0.391 e. The third kappa shape index (κ3) is 2.00. The van der Waals surface area contributed by atoms with Crippen LogP contribution in [0.3, 0.4) is 0 Å². The fourth-order valence-corrected chi connectivity index (χ4v) is 0.645. The van der Waals surface area contributed by atoms with Crippen LogP contribution in [0.2, 0.25) is 0 Å². The largest absolute Gasteiger partial charge is 0.391 e. The molecule has 0 aliphatic carbocycles. The van der Waals surface area contributed by atoms with Crippen molar-refractivity contribution in [3.63, 3.8) is 0 Å². The predicted octanol–water partition coefficient (Wildman–Crippen LogP) is -0.384. The number of rotatable bonds is 4. The summed E-state index contributed by atoms with van der Waals surface area (Å²) in [5.74, 6) is -1.46. The van der Waals surface area contributed by atoms with Gasteiger partial charge in [0.15, 0.2) is 0 Å². The molecular formula is C7H12O4. The number of epoxide rings is 1. The van der Waals surface area contributed by atoms with Crippen LogP contribution in [0.5, 0.6) is 0 Å². The number of ether oxygens (including phenoxy) is 2. The zero-order valence-corrected chi connectivity index (χ0v) is 6.41. The van der Waals surface area contributed by atoms with Crippen molar-refractivity contribution in [3.8, 4) is 0 Å². The Morgan fingerprint density at radius 3 is 2.82 bits per heavy atom. The number of hydrogen-bond donors (Lipinski definition) is 2. The minimum atomic E-state index is -1.46. The molecule has 4 nitrogen and oxygen atoms in total. The zero-order chi connectivity index (χ0) is 8.48. The van der Waals surface area contributed by atoms with Gasteiger partial charge < -0.3 is 19.7 Å². The van der Waals surface area contributed by atoms with Gasteiger partial charge >= 0.3 is 0 Å². The highest BCUT2D eigenvalue weighted by molar-refractivity contribution is 4.91. The molecule has 0 aromatic rings. The van der Waals surface area contributed by atoms with Gasteiger partial charge in [0, 0.05) is 0 Å². The van der Waals surface area contributed by atoms with E-state index in [-0.39, 0.29) is 0 Å². The summed E-state index contributed by atoms with van der Waals surface area (Å²) in [4.78, 5) is 0. The molecule has 1 aliphatic rings. The Labute approximate surface area is 65.0 Å². The molecule has 1 saturated heterocycles. The maximum atomic E-state index is 9.08. The second-order valence-corrected chi connectivity index (χ2v) is 2.72. The van der Waals surface area contributed by atoms with Crippen molar-refractivity contribution in [2.45, 2.75) is 19.0 Å². The van der Waals surface area contributed by atoms with Gasteiger partial charge in [-0.2, -0.15) is 0 Å². The molecule has 0 bridgehead atoms. The molecule has 1 heterocycles. The molecule has 0 aromatic heterocycles. The quantitative estimate of drug-likeness (QED) is 0.434. The molecule has 0 radical (unpaired) electrons. The first-order valence-electron chi connectivity index (χ1n) is 3.35. The van der Waals surface area contributed by atoms with Crippen molar-refractivity contribution in [1.82, 2.24) is 0 Å². The van der Waals surface area contributed by atoms with Crippen LogP contribution in [0.25, 0.3) is 0 Å². The van der Waals surface area contributed by atoms with Gasteiger partial charge in [-0.25, -0.2) is 0 Å². The average molecular weight is 160 g/mol. The van der Waals surface area contributed by atoms with E-state index in [9.17, 15) is 0 Å². The van der Waals surface area contributed by atoms with Gasteiger partial charge in [-0.15, -0.1) is 0 Å². The Morgan fingerprint density at radius 2 is 2.45 bits per heavy atom. The Balaban J connectivity index is 2.18. The van der Waals surface area contributed by atoms with Crippen LogP contribution in [0.15, 0.2) is 12.2 Å². The average Bonchev–Trinajstić information content (AvgIpc) is 2.59. The highest BCUT2D eigenvalue weighted by Gasteiger charge is 2.56. The third-order valence-electron chi connectivity index (χ3n) is 1.33. The molecule has 1 rings (SSSR count). The van der Waals surface area contributed by atoms with Crippen molar-refractivity contribution < 1.29 is 19.7 Å². The van der Waals surface area contributed by atoms with Crippen LogP contribution in [0.1, 0.15) is 6.92 Å². The molecule has 0 spiro atoms. The summed E-state index contributed by atoms with van der Waals surface area (Å²) in [5, 5.41) is 17.6. The lowest BCUT2D eigenvalue weighted by molar-refractivity contribution is -0.0171. The summed E-state index contributed by atoms with van der Waals surface area (Å²) in [6, 6.07) is 0. The maximum Gasteiger partial charge on any atom is 0.244 e. The van der Waals surface area contributed by atoms with E-state index >= 15 is 0 Å². The van der Waals surface area contributed by atoms with Gasteiger partial charge in [0.05, 0.1) is 6.61 Å². The number of aliphatic hydroxyl groups is 2. The van der Waals surface area contributed by atoms with Crippen molar-refractivity contribution in [1.29, 1.82) is 0 Å². The van der Waals surface area contributed by atoms with Crippen molar-refractivity contribution in [3.05, 3.63) is 12.2 Å². The smallest absolute Gasteiger partial charge is 0.244 e. The molecule has 64 valence electrons. The lowest BCUT2D eigenvalue weighted by Crippen LogP contribution is -2.21.